The Morgan fingerprint density at radius 2 is 2.00 bits per heavy atom. The van der Waals surface area contributed by atoms with Crippen molar-refractivity contribution in [1.82, 2.24) is 9.80 Å². The van der Waals surface area contributed by atoms with Gasteiger partial charge in [-0.3, -0.25) is 9.69 Å². The molecule has 1 aliphatic heterocycles. The van der Waals surface area contributed by atoms with E-state index in [0.29, 0.717) is 19.0 Å². The van der Waals surface area contributed by atoms with Gasteiger partial charge in [-0.25, -0.2) is 4.79 Å². The fraction of sp³-hybridized carbons (Fsp3) is 0.846. The van der Waals surface area contributed by atoms with Crippen LogP contribution in [-0.4, -0.2) is 63.3 Å². The number of carbonyl (C=O) groups is 2. The van der Waals surface area contributed by atoms with E-state index in [1.54, 1.807) is 0 Å². The molecule has 6 nitrogen and oxygen atoms in total. The van der Waals surface area contributed by atoms with Gasteiger partial charge in [0.25, 0.3) is 0 Å². The molecule has 19 heavy (non-hydrogen) atoms. The Morgan fingerprint density at radius 3 is 2.47 bits per heavy atom. The van der Waals surface area contributed by atoms with Crippen LogP contribution in [0.25, 0.3) is 0 Å². The first kappa shape index (κ1) is 15.9. The number of carboxylic acid groups (broad SMARTS) is 1. The van der Waals surface area contributed by atoms with Crippen molar-refractivity contribution in [2.24, 2.45) is 5.92 Å². The molecule has 1 aliphatic rings. The van der Waals surface area contributed by atoms with Crippen molar-refractivity contribution in [3.8, 4) is 0 Å². The molecule has 1 heterocycles. The van der Waals surface area contributed by atoms with E-state index in [-0.39, 0.29) is 18.9 Å². The maximum absolute atomic E-state index is 12.0. The van der Waals surface area contributed by atoms with E-state index in [1.807, 2.05) is 23.6 Å². The Bertz CT molecular complexity index is 355. The number of hydrogen-bond donors (Lipinski definition) is 2. The summed E-state index contributed by atoms with van der Waals surface area (Å²) in [5.41, 5.74) is -0.431. The van der Waals surface area contributed by atoms with Gasteiger partial charge in [0, 0.05) is 13.1 Å². The average molecular weight is 272 g/mol. The smallest absolute Gasteiger partial charge is 0.332 e. The van der Waals surface area contributed by atoms with E-state index in [0.717, 1.165) is 0 Å². The minimum atomic E-state index is -1.37. The van der Waals surface area contributed by atoms with Crippen molar-refractivity contribution in [3.63, 3.8) is 0 Å². The zero-order chi connectivity index (χ0) is 14.8. The predicted molar refractivity (Wildman–Crippen MR) is 70.5 cm³/mol. The van der Waals surface area contributed by atoms with Crippen molar-refractivity contribution < 1.29 is 19.8 Å². The van der Waals surface area contributed by atoms with Gasteiger partial charge in [-0.1, -0.05) is 13.8 Å². The molecule has 1 amide bonds. The zero-order valence-electron chi connectivity index (χ0n) is 12.1. The van der Waals surface area contributed by atoms with Crippen molar-refractivity contribution in [2.45, 2.75) is 45.9 Å². The second-order valence-corrected chi connectivity index (χ2v) is 5.96. The van der Waals surface area contributed by atoms with Gasteiger partial charge in [0.1, 0.15) is 0 Å². The average Bonchev–Trinajstić information content (AvgIpc) is 2.48. The van der Waals surface area contributed by atoms with Gasteiger partial charge in [-0.15, -0.1) is 0 Å². The van der Waals surface area contributed by atoms with Gasteiger partial charge in [-0.2, -0.15) is 0 Å². The third-order valence-corrected chi connectivity index (χ3v) is 3.57. The summed E-state index contributed by atoms with van der Waals surface area (Å²) in [6.45, 7) is 9.37. The molecule has 1 rings (SSSR count). The summed E-state index contributed by atoms with van der Waals surface area (Å²) in [7, 11) is 0. The lowest BCUT2D eigenvalue weighted by atomic mass is 10.1. The lowest BCUT2D eigenvalue weighted by Gasteiger charge is -2.38. The topological polar surface area (TPSA) is 81.1 Å². The van der Waals surface area contributed by atoms with Crippen molar-refractivity contribution in [1.29, 1.82) is 0 Å². The number of aliphatic carboxylic acids is 1. The van der Waals surface area contributed by atoms with Gasteiger partial charge in [0.05, 0.1) is 12.2 Å². The lowest BCUT2D eigenvalue weighted by Crippen LogP contribution is -2.50. The lowest BCUT2D eigenvalue weighted by molar-refractivity contribution is -0.147. The van der Waals surface area contributed by atoms with Crippen LogP contribution in [-0.2, 0) is 9.59 Å². The Morgan fingerprint density at radius 1 is 1.42 bits per heavy atom. The van der Waals surface area contributed by atoms with Gasteiger partial charge >= 0.3 is 5.97 Å². The number of aliphatic hydroxyl groups excluding tert-OH is 1. The summed E-state index contributed by atoms with van der Waals surface area (Å²) in [6.07, 6.45) is -1.24. The van der Waals surface area contributed by atoms with Crippen molar-refractivity contribution in [3.05, 3.63) is 0 Å². The maximum atomic E-state index is 12.0. The number of aliphatic hydroxyl groups is 1. The second-order valence-electron chi connectivity index (χ2n) is 5.96. The fourth-order valence-corrected chi connectivity index (χ4v) is 2.36. The van der Waals surface area contributed by atoms with Crippen molar-refractivity contribution in [2.75, 3.05) is 19.6 Å². The molecular weight excluding hydrogens is 248 g/mol. The number of amides is 1. The summed E-state index contributed by atoms with van der Waals surface area (Å²) in [4.78, 5) is 26.4. The molecule has 0 saturated carbocycles. The van der Waals surface area contributed by atoms with Crippen LogP contribution in [0.5, 0.6) is 0 Å². The Kier molecular flexibility index (Phi) is 4.92. The van der Waals surface area contributed by atoms with E-state index < -0.39 is 17.7 Å². The normalized spacial score (nSPS) is 21.2. The highest BCUT2D eigenvalue weighted by Gasteiger charge is 2.44. The highest BCUT2D eigenvalue weighted by atomic mass is 16.4. The van der Waals surface area contributed by atoms with E-state index in [9.17, 15) is 14.7 Å². The first-order valence-electron chi connectivity index (χ1n) is 6.62. The fourth-order valence-electron chi connectivity index (χ4n) is 2.36. The van der Waals surface area contributed by atoms with Gasteiger partial charge in [-0.05, 0) is 26.2 Å². The van der Waals surface area contributed by atoms with Crippen LogP contribution in [0.2, 0.25) is 0 Å². The molecule has 0 aromatic heterocycles. The van der Waals surface area contributed by atoms with Crippen molar-refractivity contribution >= 4 is 11.9 Å². The van der Waals surface area contributed by atoms with E-state index in [4.69, 9.17) is 5.11 Å². The molecule has 2 N–H and O–H groups in total. The van der Waals surface area contributed by atoms with Gasteiger partial charge in [0.15, 0.2) is 6.10 Å². The Labute approximate surface area is 114 Å². The van der Waals surface area contributed by atoms with Crippen LogP contribution < -0.4 is 0 Å². The first-order valence-corrected chi connectivity index (χ1v) is 6.62. The molecule has 1 saturated heterocycles. The number of nitrogens with zero attached hydrogens (tertiary/aromatic N) is 2. The number of carboxylic acids is 1. The van der Waals surface area contributed by atoms with Gasteiger partial charge in [0.2, 0.25) is 5.91 Å². The highest BCUT2D eigenvalue weighted by Crippen LogP contribution is 2.28. The summed E-state index contributed by atoms with van der Waals surface area (Å²) in [6, 6.07) is 0. The van der Waals surface area contributed by atoms with Crippen LogP contribution in [0.15, 0.2) is 0 Å². The number of carbonyl (C=O) groups excluding carboxylic acids is 1. The third-order valence-electron chi connectivity index (χ3n) is 3.57. The quantitative estimate of drug-likeness (QED) is 0.729. The molecular formula is C13H24N2O4. The summed E-state index contributed by atoms with van der Waals surface area (Å²) < 4.78 is 0. The Balaban J connectivity index is 2.66. The molecule has 110 valence electrons. The molecule has 0 radical (unpaired) electrons. The molecule has 1 fully saturated rings. The van der Waals surface area contributed by atoms with E-state index >= 15 is 0 Å². The minimum Gasteiger partial charge on any atom is -0.479 e. The van der Waals surface area contributed by atoms with Crippen LogP contribution in [0.3, 0.4) is 0 Å². The largest absolute Gasteiger partial charge is 0.479 e. The van der Waals surface area contributed by atoms with E-state index in [2.05, 4.69) is 13.8 Å². The maximum Gasteiger partial charge on any atom is 0.332 e. The molecule has 0 bridgehead atoms. The summed E-state index contributed by atoms with van der Waals surface area (Å²) in [5.74, 6) is -0.779. The molecule has 0 aromatic rings. The predicted octanol–water partition coefficient (Wildman–Crippen LogP) is 0.358. The minimum absolute atomic E-state index is 0.0588. The number of rotatable bonds is 6. The molecule has 0 spiro atoms. The zero-order valence-corrected chi connectivity index (χ0v) is 12.1. The monoisotopic (exact) mass is 272 g/mol. The third kappa shape index (κ3) is 3.67. The van der Waals surface area contributed by atoms with Crippen LogP contribution >= 0.6 is 0 Å². The first-order chi connectivity index (χ1) is 8.66. The van der Waals surface area contributed by atoms with Crippen LogP contribution in [0.4, 0.5) is 0 Å². The summed E-state index contributed by atoms with van der Waals surface area (Å²) >= 11 is 0. The highest BCUT2D eigenvalue weighted by molar-refractivity contribution is 5.81. The van der Waals surface area contributed by atoms with E-state index in [1.165, 1.54) is 0 Å². The SMILES string of the molecule is CC(C)CN1C(=O)CN(CCC(O)C(=O)O)C1(C)C. The van der Waals surface area contributed by atoms with Gasteiger partial charge < -0.3 is 15.1 Å². The van der Waals surface area contributed by atoms with Crippen LogP contribution in [0.1, 0.15) is 34.1 Å². The molecule has 0 aliphatic carbocycles. The second kappa shape index (κ2) is 5.88. The Hall–Kier alpha value is -1.14. The standard InChI is InChI=1S/C13H24N2O4/c1-9(2)7-15-11(17)8-14(13(15,3)4)6-5-10(16)12(18)19/h9-10,16H,5-8H2,1-4H3,(H,18,19). The number of hydrogen-bond acceptors (Lipinski definition) is 4. The molecule has 1 unspecified atom stereocenters. The molecule has 6 heteroatoms. The molecule has 0 aromatic carbocycles. The summed E-state index contributed by atoms with van der Waals surface area (Å²) in [5, 5.41) is 18.0. The molecule has 1 atom stereocenters. The van der Waals surface area contributed by atoms with Crippen LogP contribution in [0, 0.1) is 5.92 Å².